The fourth-order valence-corrected chi connectivity index (χ4v) is 3.10. The molecule has 3 rings (SSSR count). The number of rotatable bonds is 5. The van der Waals surface area contributed by atoms with Crippen molar-refractivity contribution in [3.05, 3.63) is 77.7 Å². The molecule has 1 aromatic carbocycles. The SMILES string of the molecule is Cc1cc(NC(=O)CCc2ccc(C(C)(C)C)cc2)cnc1-c1cccnc1. The van der Waals surface area contributed by atoms with Gasteiger partial charge in [-0.2, -0.15) is 0 Å². The summed E-state index contributed by atoms with van der Waals surface area (Å²) in [5, 5.41) is 2.95. The third kappa shape index (κ3) is 5.03. The van der Waals surface area contributed by atoms with Crippen molar-refractivity contribution in [3.63, 3.8) is 0 Å². The molecule has 0 aliphatic heterocycles. The lowest BCUT2D eigenvalue weighted by molar-refractivity contribution is -0.116. The zero-order chi connectivity index (χ0) is 20.1. The highest BCUT2D eigenvalue weighted by molar-refractivity contribution is 5.91. The van der Waals surface area contributed by atoms with E-state index >= 15 is 0 Å². The maximum atomic E-state index is 12.3. The topological polar surface area (TPSA) is 54.9 Å². The van der Waals surface area contributed by atoms with Crippen molar-refractivity contribution in [3.8, 4) is 11.3 Å². The fourth-order valence-electron chi connectivity index (χ4n) is 3.10. The van der Waals surface area contributed by atoms with E-state index in [1.54, 1.807) is 18.6 Å². The van der Waals surface area contributed by atoms with E-state index in [2.05, 4.69) is 60.3 Å². The summed E-state index contributed by atoms with van der Waals surface area (Å²) in [6, 6.07) is 14.3. The number of carbonyl (C=O) groups excluding carboxylic acids is 1. The minimum Gasteiger partial charge on any atom is -0.325 e. The van der Waals surface area contributed by atoms with Crippen molar-refractivity contribution in [2.75, 3.05) is 5.32 Å². The first-order chi connectivity index (χ1) is 13.3. The van der Waals surface area contributed by atoms with Crippen LogP contribution in [-0.2, 0) is 16.6 Å². The number of benzene rings is 1. The molecule has 0 radical (unpaired) electrons. The molecule has 144 valence electrons. The molecule has 2 heterocycles. The maximum absolute atomic E-state index is 12.3. The number of anilines is 1. The molecule has 0 fully saturated rings. The second-order valence-electron chi connectivity index (χ2n) is 8.13. The number of carbonyl (C=O) groups is 1. The number of nitrogens with one attached hydrogen (secondary N) is 1. The molecule has 28 heavy (non-hydrogen) atoms. The smallest absolute Gasteiger partial charge is 0.224 e. The van der Waals surface area contributed by atoms with Crippen LogP contribution in [0, 0.1) is 6.92 Å². The summed E-state index contributed by atoms with van der Waals surface area (Å²) in [7, 11) is 0. The number of hydrogen-bond donors (Lipinski definition) is 1. The van der Waals surface area contributed by atoms with Crippen LogP contribution < -0.4 is 5.32 Å². The van der Waals surface area contributed by atoms with Crippen LogP contribution >= 0.6 is 0 Å². The summed E-state index contributed by atoms with van der Waals surface area (Å²) in [4.78, 5) is 21.0. The van der Waals surface area contributed by atoms with Crippen LogP contribution in [0.5, 0.6) is 0 Å². The van der Waals surface area contributed by atoms with Gasteiger partial charge in [0.2, 0.25) is 5.91 Å². The van der Waals surface area contributed by atoms with Crippen LogP contribution in [0.25, 0.3) is 11.3 Å². The Bertz CT molecular complexity index is 942. The maximum Gasteiger partial charge on any atom is 0.224 e. The molecule has 4 heteroatoms. The fraction of sp³-hybridized carbons (Fsp3) is 0.292. The van der Waals surface area contributed by atoms with Gasteiger partial charge in [-0.1, -0.05) is 45.0 Å². The van der Waals surface area contributed by atoms with Crippen LogP contribution in [0.1, 0.15) is 43.9 Å². The Kier molecular flexibility index (Phi) is 5.88. The van der Waals surface area contributed by atoms with Gasteiger partial charge in [-0.3, -0.25) is 14.8 Å². The summed E-state index contributed by atoms with van der Waals surface area (Å²) in [5.74, 6) is -0.00442. The number of hydrogen-bond acceptors (Lipinski definition) is 3. The van der Waals surface area contributed by atoms with E-state index < -0.39 is 0 Å². The van der Waals surface area contributed by atoms with Gasteiger partial charge in [0.15, 0.2) is 0 Å². The van der Waals surface area contributed by atoms with Crippen molar-refractivity contribution in [2.45, 2.75) is 46.0 Å². The van der Waals surface area contributed by atoms with Crippen molar-refractivity contribution in [1.82, 2.24) is 9.97 Å². The molecule has 0 unspecified atom stereocenters. The molecule has 0 aliphatic rings. The molecule has 0 spiro atoms. The normalized spacial score (nSPS) is 11.3. The van der Waals surface area contributed by atoms with Gasteiger partial charge in [-0.25, -0.2) is 0 Å². The molecule has 3 aromatic rings. The second kappa shape index (κ2) is 8.34. The van der Waals surface area contributed by atoms with E-state index in [1.165, 1.54) is 11.1 Å². The number of aromatic nitrogens is 2. The lowest BCUT2D eigenvalue weighted by Crippen LogP contribution is -2.13. The first-order valence-electron chi connectivity index (χ1n) is 9.59. The van der Waals surface area contributed by atoms with Gasteiger partial charge >= 0.3 is 0 Å². The van der Waals surface area contributed by atoms with Gasteiger partial charge in [0.1, 0.15) is 0 Å². The van der Waals surface area contributed by atoms with E-state index in [4.69, 9.17) is 0 Å². The molecule has 0 saturated heterocycles. The van der Waals surface area contributed by atoms with Gasteiger partial charge in [0, 0.05) is 24.4 Å². The molecule has 0 bridgehead atoms. The molecule has 0 saturated carbocycles. The predicted molar refractivity (Wildman–Crippen MR) is 114 cm³/mol. The molecule has 1 N–H and O–H groups in total. The average molecular weight is 374 g/mol. The lowest BCUT2D eigenvalue weighted by atomic mass is 9.86. The summed E-state index contributed by atoms with van der Waals surface area (Å²) >= 11 is 0. The highest BCUT2D eigenvalue weighted by Crippen LogP contribution is 2.23. The van der Waals surface area contributed by atoms with Crippen molar-refractivity contribution in [2.24, 2.45) is 0 Å². The Morgan fingerprint density at radius 2 is 1.82 bits per heavy atom. The predicted octanol–water partition coefficient (Wildman–Crippen LogP) is 5.32. The standard InChI is InChI=1S/C24H27N3O/c1-17-14-21(16-26-23(17)19-6-5-13-25-15-19)27-22(28)12-9-18-7-10-20(11-8-18)24(2,3)4/h5-8,10-11,13-16H,9,12H2,1-4H3,(H,27,28). The minimum atomic E-state index is -0.00442. The quantitative estimate of drug-likeness (QED) is 0.658. The Balaban J connectivity index is 1.58. The lowest BCUT2D eigenvalue weighted by Gasteiger charge is -2.19. The van der Waals surface area contributed by atoms with Crippen molar-refractivity contribution in [1.29, 1.82) is 0 Å². The van der Waals surface area contributed by atoms with E-state index in [0.29, 0.717) is 6.42 Å². The molecule has 1 amide bonds. The highest BCUT2D eigenvalue weighted by Gasteiger charge is 2.13. The zero-order valence-electron chi connectivity index (χ0n) is 17.0. The van der Waals surface area contributed by atoms with Crippen LogP contribution in [0.15, 0.2) is 61.1 Å². The van der Waals surface area contributed by atoms with Gasteiger partial charge in [-0.05, 0) is 53.6 Å². The Morgan fingerprint density at radius 3 is 2.43 bits per heavy atom. The van der Waals surface area contributed by atoms with E-state index in [-0.39, 0.29) is 11.3 Å². The van der Waals surface area contributed by atoms with Crippen LogP contribution in [0.2, 0.25) is 0 Å². The van der Waals surface area contributed by atoms with Gasteiger partial charge in [0.05, 0.1) is 17.6 Å². The summed E-state index contributed by atoms with van der Waals surface area (Å²) < 4.78 is 0. The number of pyridine rings is 2. The molecule has 2 aromatic heterocycles. The highest BCUT2D eigenvalue weighted by atomic mass is 16.1. The van der Waals surface area contributed by atoms with Gasteiger partial charge < -0.3 is 5.32 Å². The first kappa shape index (κ1) is 19.7. The van der Waals surface area contributed by atoms with E-state index in [0.717, 1.165) is 28.9 Å². The number of amides is 1. The Labute approximate surface area is 167 Å². The monoisotopic (exact) mass is 373 g/mol. The molecule has 4 nitrogen and oxygen atoms in total. The van der Waals surface area contributed by atoms with Crippen LogP contribution in [-0.4, -0.2) is 15.9 Å². The van der Waals surface area contributed by atoms with Crippen molar-refractivity contribution < 1.29 is 4.79 Å². The minimum absolute atomic E-state index is 0.00442. The number of nitrogens with zero attached hydrogens (tertiary/aromatic N) is 2. The zero-order valence-corrected chi connectivity index (χ0v) is 17.0. The van der Waals surface area contributed by atoms with E-state index in [1.807, 2.05) is 25.1 Å². The number of aryl methyl sites for hydroxylation is 2. The van der Waals surface area contributed by atoms with Crippen molar-refractivity contribution >= 4 is 11.6 Å². The average Bonchev–Trinajstić information content (AvgIpc) is 2.67. The third-order valence-corrected chi connectivity index (χ3v) is 4.76. The second-order valence-corrected chi connectivity index (χ2v) is 8.13. The summed E-state index contributed by atoms with van der Waals surface area (Å²) in [6.45, 7) is 8.59. The molecular formula is C24H27N3O. The summed E-state index contributed by atoms with van der Waals surface area (Å²) in [5.41, 5.74) is 6.19. The Hall–Kier alpha value is -3.01. The Morgan fingerprint density at radius 1 is 1.07 bits per heavy atom. The molecule has 0 atom stereocenters. The molecule has 0 aliphatic carbocycles. The van der Waals surface area contributed by atoms with Crippen LogP contribution in [0.4, 0.5) is 5.69 Å². The van der Waals surface area contributed by atoms with Crippen LogP contribution in [0.3, 0.4) is 0 Å². The molecular weight excluding hydrogens is 346 g/mol. The third-order valence-electron chi connectivity index (χ3n) is 4.76. The van der Waals surface area contributed by atoms with Gasteiger partial charge in [0.25, 0.3) is 0 Å². The van der Waals surface area contributed by atoms with Gasteiger partial charge in [-0.15, -0.1) is 0 Å². The first-order valence-corrected chi connectivity index (χ1v) is 9.59. The summed E-state index contributed by atoms with van der Waals surface area (Å²) in [6.07, 6.45) is 6.39. The van der Waals surface area contributed by atoms with E-state index in [9.17, 15) is 4.79 Å². The largest absolute Gasteiger partial charge is 0.325 e.